The van der Waals surface area contributed by atoms with Crippen molar-refractivity contribution in [2.75, 3.05) is 31.1 Å². The van der Waals surface area contributed by atoms with Crippen LogP contribution >= 0.6 is 11.6 Å². The average Bonchev–Trinajstić information content (AvgIpc) is 2.81. The maximum atomic E-state index is 14.9. The maximum Gasteiger partial charge on any atom is 0.257 e. The second-order valence-electron chi connectivity index (χ2n) is 10.3. The van der Waals surface area contributed by atoms with E-state index in [2.05, 4.69) is 15.5 Å². The Morgan fingerprint density at radius 2 is 1.74 bits per heavy atom. The van der Waals surface area contributed by atoms with E-state index in [9.17, 15) is 13.6 Å². The van der Waals surface area contributed by atoms with Gasteiger partial charge in [-0.3, -0.25) is 4.79 Å². The largest absolute Gasteiger partial charge is 0.489 e. The van der Waals surface area contributed by atoms with Gasteiger partial charge in [0.1, 0.15) is 29.1 Å². The van der Waals surface area contributed by atoms with E-state index in [1.807, 2.05) is 32.6 Å². The molecule has 4 rings (SSSR count). The van der Waals surface area contributed by atoms with E-state index in [0.29, 0.717) is 35.2 Å². The number of benzene rings is 2. The molecular formula is C26H29ClF2N4O2. The fraction of sp³-hybridized carbons (Fsp3) is 0.462. The third kappa shape index (κ3) is 4.55. The summed E-state index contributed by atoms with van der Waals surface area (Å²) in [4.78, 5) is 18.3. The quantitative estimate of drug-likeness (QED) is 0.552. The van der Waals surface area contributed by atoms with Crippen molar-refractivity contribution < 1.29 is 18.3 Å². The van der Waals surface area contributed by atoms with Gasteiger partial charge >= 0.3 is 0 Å². The highest BCUT2D eigenvalue weighted by Crippen LogP contribution is 2.55. The number of rotatable bonds is 5. The molecule has 2 aliphatic rings. The van der Waals surface area contributed by atoms with Gasteiger partial charge in [0.2, 0.25) is 5.69 Å². The lowest BCUT2D eigenvalue weighted by Gasteiger charge is -2.63. The number of carbonyl (C=O) groups excluding carboxylic acids is 1. The summed E-state index contributed by atoms with van der Waals surface area (Å²) in [6.07, 6.45) is -0.320. The zero-order valence-electron chi connectivity index (χ0n) is 20.2. The Hall–Kier alpha value is -2.89. The molecule has 2 aromatic carbocycles. The van der Waals surface area contributed by atoms with E-state index in [1.165, 1.54) is 12.1 Å². The lowest BCUT2D eigenvalue weighted by molar-refractivity contribution is -0.164. The van der Waals surface area contributed by atoms with Crippen molar-refractivity contribution >= 4 is 28.9 Å². The zero-order valence-corrected chi connectivity index (χ0v) is 21.0. The van der Waals surface area contributed by atoms with Crippen LogP contribution in [0.4, 0.5) is 20.2 Å². The normalized spacial score (nSPS) is 22.6. The molecular weight excluding hydrogens is 474 g/mol. The molecule has 0 unspecified atom stereocenters. The summed E-state index contributed by atoms with van der Waals surface area (Å²) in [6.45, 7) is 17.6. The number of carbonyl (C=O) groups is 1. The van der Waals surface area contributed by atoms with Gasteiger partial charge in [-0.05, 0) is 24.3 Å². The molecule has 1 heterocycles. The van der Waals surface area contributed by atoms with Gasteiger partial charge in [0.25, 0.3) is 5.91 Å². The topological polar surface area (TPSA) is 58.0 Å². The van der Waals surface area contributed by atoms with Crippen molar-refractivity contribution in [2.24, 2.45) is 10.8 Å². The van der Waals surface area contributed by atoms with E-state index >= 15 is 0 Å². The highest BCUT2D eigenvalue weighted by Gasteiger charge is 2.64. The van der Waals surface area contributed by atoms with Crippen LogP contribution in [0.15, 0.2) is 30.3 Å². The summed E-state index contributed by atoms with van der Waals surface area (Å²) >= 11 is 6.14. The Kier molecular flexibility index (Phi) is 6.69. The maximum absolute atomic E-state index is 14.9. The molecule has 6 nitrogen and oxygen atoms in total. The summed E-state index contributed by atoms with van der Waals surface area (Å²) in [6, 6.07) is 6.92. The van der Waals surface area contributed by atoms with Crippen LogP contribution in [0.1, 0.15) is 38.1 Å². The summed E-state index contributed by atoms with van der Waals surface area (Å²) in [5.74, 6) is -2.04. The highest BCUT2D eigenvalue weighted by molar-refractivity contribution is 6.33. The van der Waals surface area contributed by atoms with E-state index < -0.39 is 40.0 Å². The average molecular weight is 503 g/mol. The number of halogens is 3. The van der Waals surface area contributed by atoms with E-state index in [4.69, 9.17) is 22.9 Å². The van der Waals surface area contributed by atoms with Gasteiger partial charge < -0.3 is 20.3 Å². The van der Waals surface area contributed by atoms with Gasteiger partial charge in [-0.25, -0.2) is 13.6 Å². The van der Waals surface area contributed by atoms with E-state index in [1.54, 1.807) is 18.2 Å². The molecule has 1 aliphatic heterocycles. The van der Waals surface area contributed by atoms with Crippen LogP contribution in [0.5, 0.6) is 5.75 Å². The van der Waals surface area contributed by atoms with Crippen LogP contribution in [-0.2, 0) is 0 Å². The van der Waals surface area contributed by atoms with Crippen molar-refractivity contribution in [2.45, 2.75) is 39.8 Å². The molecule has 1 saturated heterocycles. The Morgan fingerprint density at radius 1 is 1.14 bits per heavy atom. The minimum Gasteiger partial charge on any atom is -0.489 e. The zero-order chi connectivity index (χ0) is 25.5. The number of nitrogens with zero attached hydrogens (tertiary/aromatic N) is 2. The predicted octanol–water partition coefficient (Wildman–Crippen LogP) is 5.19. The number of nitrogens with one attached hydrogen (secondary N) is 2. The number of hydrogen-bond donors (Lipinski definition) is 2. The second-order valence-corrected chi connectivity index (χ2v) is 10.7. The van der Waals surface area contributed by atoms with Crippen LogP contribution in [-0.4, -0.2) is 44.2 Å². The predicted molar refractivity (Wildman–Crippen MR) is 132 cm³/mol. The Balaban J connectivity index is 1.51. The summed E-state index contributed by atoms with van der Waals surface area (Å²) in [5, 5.41) is 6.35. The molecule has 1 amide bonds. The van der Waals surface area contributed by atoms with Gasteiger partial charge in [-0.15, -0.1) is 0 Å². The molecule has 0 spiro atoms. The number of amides is 1. The third-order valence-corrected chi connectivity index (χ3v) is 7.45. The monoisotopic (exact) mass is 502 g/mol. The molecule has 2 fully saturated rings. The Morgan fingerprint density at radius 3 is 2.29 bits per heavy atom. The van der Waals surface area contributed by atoms with Gasteiger partial charge in [-0.1, -0.05) is 45.4 Å². The minimum atomic E-state index is -0.881. The lowest BCUT2D eigenvalue weighted by atomic mass is 9.49. The van der Waals surface area contributed by atoms with E-state index in [-0.39, 0.29) is 6.10 Å². The lowest BCUT2D eigenvalue weighted by Crippen LogP contribution is -2.74. The van der Waals surface area contributed by atoms with Gasteiger partial charge in [-0.2, -0.15) is 0 Å². The molecule has 0 radical (unpaired) electrons. The summed E-state index contributed by atoms with van der Waals surface area (Å²) in [5.41, 5.74) is -0.904. The number of anilines is 1. The van der Waals surface area contributed by atoms with Crippen molar-refractivity contribution in [3.05, 3.63) is 64.0 Å². The van der Waals surface area contributed by atoms with Gasteiger partial charge in [0, 0.05) is 48.7 Å². The molecule has 9 heteroatoms. The molecule has 2 aromatic rings. The smallest absolute Gasteiger partial charge is 0.257 e. The third-order valence-electron chi connectivity index (χ3n) is 7.14. The first-order valence-electron chi connectivity index (χ1n) is 11.6. The Bertz CT molecular complexity index is 1150. The molecule has 1 saturated carbocycles. The van der Waals surface area contributed by atoms with E-state index in [0.717, 1.165) is 13.1 Å². The van der Waals surface area contributed by atoms with Crippen LogP contribution in [0.3, 0.4) is 0 Å². The Labute approximate surface area is 209 Å². The molecule has 2 N–H and O–H groups in total. The van der Waals surface area contributed by atoms with Crippen molar-refractivity contribution in [3.8, 4) is 5.75 Å². The SMILES string of the molecule is [C-]#[N+]c1ccc(OC2C(C)(C)C(NC(=O)c3c(F)cc(N4CCNCC4)cc3F)C2(C)C)cc1Cl. The number of hydrogen-bond acceptors (Lipinski definition) is 4. The van der Waals surface area contributed by atoms with Crippen molar-refractivity contribution in [3.63, 3.8) is 0 Å². The summed E-state index contributed by atoms with van der Waals surface area (Å²) < 4.78 is 36.1. The fourth-order valence-corrected chi connectivity index (χ4v) is 5.89. The van der Waals surface area contributed by atoms with Crippen LogP contribution in [0.2, 0.25) is 5.02 Å². The molecule has 35 heavy (non-hydrogen) atoms. The first-order valence-corrected chi connectivity index (χ1v) is 11.9. The fourth-order valence-electron chi connectivity index (χ4n) is 5.67. The standard InChI is InChI=1S/C26H29ClF2N4O2/c1-25(2)23(26(3,4)24(25)35-16-6-7-20(30-5)17(27)14-16)32-22(34)21-18(28)12-15(13-19(21)29)33-10-8-31-9-11-33/h6-7,12-14,23-24,31H,8-11H2,1-4H3,(H,32,34). The first kappa shape index (κ1) is 25.2. The molecule has 0 atom stereocenters. The first-order chi connectivity index (χ1) is 16.5. The van der Waals surface area contributed by atoms with Crippen molar-refractivity contribution in [1.29, 1.82) is 0 Å². The molecule has 1 aliphatic carbocycles. The van der Waals surface area contributed by atoms with Crippen molar-refractivity contribution in [1.82, 2.24) is 10.6 Å². The van der Waals surface area contributed by atoms with Crippen LogP contribution in [0, 0.1) is 29.0 Å². The highest BCUT2D eigenvalue weighted by atomic mass is 35.5. The van der Waals surface area contributed by atoms with Crippen LogP contribution in [0.25, 0.3) is 4.85 Å². The second kappa shape index (κ2) is 9.29. The van der Waals surface area contributed by atoms with Gasteiger partial charge in [0.05, 0.1) is 11.6 Å². The summed E-state index contributed by atoms with van der Waals surface area (Å²) in [7, 11) is 0. The van der Waals surface area contributed by atoms with Crippen LogP contribution < -0.4 is 20.3 Å². The van der Waals surface area contributed by atoms with Gasteiger partial charge in [0.15, 0.2) is 0 Å². The molecule has 0 bridgehead atoms. The minimum absolute atomic E-state index is 0.299. The number of ether oxygens (including phenoxy) is 1. The molecule has 186 valence electrons. The molecule has 0 aromatic heterocycles. The number of piperazine rings is 1.